The molecule has 4 rings (SSSR count). The van der Waals surface area contributed by atoms with Gasteiger partial charge in [0.1, 0.15) is 0 Å². The number of ketones is 1. The molecule has 0 aliphatic heterocycles. The molecule has 9 heteroatoms. The summed E-state index contributed by atoms with van der Waals surface area (Å²) in [6, 6.07) is 15.2. The molecule has 4 aromatic rings. The van der Waals surface area contributed by atoms with Gasteiger partial charge in [-0.3, -0.25) is 28.2 Å². The smallest absolute Gasteiger partial charge is 0.297 e. The highest BCUT2D eigenvalue weighted by atomic mass is 16.5. The number of nitrogens with one attached hydrogen (secondary N) is 1. The van der Waals surface area contributed by atoms with Crippen molar-refractivity contribution >= 4 is 11.9 Å². The Morgan fingerprint density at radius 2 is 1.69 bits per heavy atom. The van der Waals surface area contributed by atoms with Crippen molar-refractivity contribution in [3.05, 3.63) is 102 Å². The minimum atomic E-state index is -0.627. The lowest BCUT2D eigenvalue weighted by atomic mass is 9.96. The Hall–Kier alpha value is -4.53. The van der Waals surface area contributed by atoms with Crippen molar-refractivity contribution in [2.45, 2.75) is 73.4 Å². The van der Waals surface area contributed by atoms with Gasteiger partial charge in [0.2, 0.25) is 0 Å². The Bertz CT molecular complexity index is 1770. The zero-order valence-corrected chi connectivity index (χ0v) is 24.9. The molecule has 9 nitrogen and oxygen atoms in total. The van der Waals surface area contributed by atoms with Gasteiger partial charge in [-0.25, -0.2) is 9.59 Å². The molecular weight excluding hydrogens is 532 g/mol. The summed E-state index contributed by atoms with van der Waals surface area (Å²) in [5.74, 6) is -0.561. The summed E-state index contributed by atoms with van der Waals surface area (Å²) >= 11 is 0. The van der Waals surface area contributed by atoms with Crippen molar-refractivity contribution in [2.75, 3.05) is 0 Å². The van der Waals surface area contributed by atoms with Gasteiger partial charge in [-0.1, -0.05) is 86.5 Å². The molecule has 0 fully saturated rings. The van der Waals surface area contributed by atoms with Crippen LogP contribution in [0.15, 0.2) is 73.0 Å². The van der Waals surface area contributed by atoms with Crippen molar-refractivity contribution in [3.8, 4) is 22.5 Å². The molecule has 0 spiro atoms. The summed E-state index contributed by atoms with van der Waals surface area (Å²) in [7, 11) is 0. The van der Waals surface area contributed by atoms with Crippen LogP contribution in [0.1, 0.15) is 70.2 Å². The topological polar surface area (TPSA) is 120 Å². The molecule has 1 unspecified atom stereocenters. The maximum absolute atomic E-state index is 13.7. The van der Waals surface area contributed by atoms with E-state index in [1.165, 1.54) is 0 Å². The van der Waals surface area contributed by atoms with E-state index in [4.69, 9.17) is 0 Å². The van der Waals surface area contributed by atoms with Crippen LogP contribution in [0.25, 0.3) is 28.6 Å². The van der Waals surface area contributed by atoms with Crippen LogP contribution in [-0.4, -0.2) is 25.1 Å². The zero-order chi connectivity index (χ0) is 30.4. The molecule has 0 amide bonds. The standard InChI is InChI=1S/C33H38N4O5/c1-6-11-24(8-3)29(38)20-37-31(39)28(18-21(4)7-2)22(5)36(33(37)41)19-23-14-16-25(17-15-23)26-12-9-10-13-27(26)30-34-32(40)42-35-30/h9-10,12-18,24H,6-8,11,19-20H2,1-5H3,(H,34,35,40)/b21-18+. The summed E-state index contributed by atoms with van der Waals surface area (Å²) in [5, 5.41) is 3.82. The molecule has 42 heavy (non-hydrogen) atoms. The van der Waals surface area contributed by atoms with Gasteiger partial charge in [0.25, 0.3) is 5.56 Å². The Balaban J connectivity index is 1.74. The van der Waals surface area contributed by atoms with Crippen LogP contribution in [0.4, 0.5) is 0 Å². The first kappa shape index (κ1) is 30.4. The summed E-state index contributed by atoms with van der Waals surface area (Å²) in [5.41, 5.74) is 4.39. The van der Waals surface area contributed by atoms with Gasteiger partial charge < -0.3 is 0 Å². The number of benzene rings is 2. The quantitative estimate of drug-likeness (QED) is 0.237. The summed E-state index contributed by atoms with van der Waals surface area (Å²) in [4.78, 5) is 54.5. The van der Waals surface area contributed by atoms with Crippen LogP contribution < -0.4 is 17.0 Å². The second-order valence-corrected chi connectivity index (χ2v) is 10.6. The molecule has 0 saturated carbocycles. The summed E-state index contributed by atoms with van der Waals surface area (Å²) < 4.78 is 7.37. The molecular formula is C33H38N4O5. The fourth-order valence-electron chi connectivity index (χ4n) is 5.15. The highest BCUT2D eigenvalue weighted by Crippen LogP contribution is 2.30. The van der Waals surface area contributed by atoms with Gasteiger partial charge in [-0.2, -0.15) is 0 Å². The molecule has 2 heterocycles. The van der Waals surface area contributed by atoms with Gasteiger partial charge in [-0.15, -0.1) is 0 Å². The highest BCUT2D eigenvalue weighted by Gasteiger charge is 2.21. The van der Waals surface area contributed by atoms with Crippen LogP contribution in [0.3, 0.4) is 0 Å². The molecule has 2 aromatic heterocycles. The minimum absolute atomic E-state index is 0.0902. The number of Topliss-reactive ketones (excluding diaryl/α,β-unsaturated/α-hetero) is 1. The van der Waals surface area contributed by atoms with Crippen LogP contribution in [-0.2, 0) is 17.9 Å². The SMILES string of the molecule is CCCC(CC)C(=O)Cn1c(=O)c(/C=C(\C)CC)c(C)n(Cc2ccc(-c3ccccc3-c3noc(=O)[nH]3)cc2)c1=O. The lowest BCUT2D eigenvalue weighted by Crippen LogP contribution is -2.44. The van der Waals surface area contributed by atoms with E-state index in [1.54, 1.807) is 11.5 Å². The van der Waals surface area contributed by atoms with E-state index in [0.29, 0.717) is 23.5 Å². The molecule has 0 radical (unpaired) electrons. The number of hydrogen-bond acceptors (Lipinski definition) is 6. The maximum Gasteiger partial charge on any atom is 0.439 e. The van der Waals surface area contributed by atoms with Crippen molar-refractivity contribution in [3.63, 3.8) is 0 Å². The molecule has 0 bridgehead atoms. The fourth-order valence-corrected chi connectivity index (χ4v) is 5.15. The van der Waals surface area contributed by atoms with E-state index >= 15 is 0 Å². The van der Waals surface area contributed by atoms with E-state index in [9.17, 15) is 19.2 Å². The van der Waals surface area contributed by atoms with E-state index in [-0.39, 0.29) is 24.8 Å². The Labute approximate surface area is 244 Å². The van der Waals surface area contributed by atoms with Gasteiger partial charge in [-0.05, 0) is 55.9 Å². The average Bonchev–Trinajstić information content (AvgIpc) is 3.44. The van der Waals surface area contributed by atoms with Crippen molar-refractivity contribution < 1.29 is 9.32 Å². The highest BCUT2D eigenvalue weighted by molar-refractivity contribution is 5.81. The van der Waals surface area contributed by atoms with Crippen molar-refractivity contribution in [2.24, 2.45) is 5.92 Å². The van der Waals surface area contributed by atoms with E-state index in [0.717, 1.165) is 51.7 Å². The molecule has 0 aliphatic rings. The predicted octanol–water partition coefficient (Wildman–Crippen LogP) is 5.59. The molecule has 1 N–H and O–H groups in total. The first-order valence-corrected chi connectivity index (χ1v) is 14.5. The third-order valence-electron chi connectivity index (χ3n) is 7.81. The number of H-pyrrole nitrogens is 1. The number of carbonyl (C=O) groups is 1. The number of nitrogens with zero attached hydrogens (tertiary/aromatic N) is 3. The van der Waals surface area contributed by atoms with Crippen molar-refractivity contribution in [1.82, 2.24) is 19.3 Å². The van der Waals surface area contributed by atoms with Crippen LogP contribution >= 0.6 is 0 Å². The summed E-state index contributed by atoms with van der Waals surface area (Å²) in [6.45, 7) is 9.72. The number of aromatic amines is 1. The monoisotopic (exact) mass is 570 g/mol. The fraction of sp³-hybridized carbons (Fsp3) is 0.364. The first-order valence-electron chi connectivity index (χ1n) is 14.5. The average molecular weight is 571 g/mol. The Morgan fingerprint density at radius 3 is 2.29 bits per heavy atom. The van der Waals surface area contributed by atoms with E-state index in [2.05, 4.69) is 14.7 Å². The summed E-state index contributed by atoms with van der Waals surface area (Å²) in [6.07, 6.45) is 4.85. The lowest BCUT2D eigenvalue weighted by molar-refractivity contribution is -0.123. The second kappa shape index (κ2) is 13.4. The molecule has 220 valence electrons. The third-order valence-corrected chi connectivity index (χ3v) is 7.81. The predicted molar refractivity (Wildman–Crippen MR) is 164 cm³/mol. The van der Waals surface area contributed by atoms with Crippen LogP contribution in [0, 0.1) is 12.8 Å². The molecule has 2 aromatic carbocycles. The normalized spacial score (nSPS) is 12.5. The lowest BCUT2D eigenvalue weighted by Gasteiger charge is -2.18. The second-order valence-electron chi connectivity index (χ2n) is 10.6. The van der Waals surface area contributed by atoms with Gasteiger partial charge in [0.05, 0.1) is 18.7 Å². The first-order chi connectivity index (χ1) is 20.2. The number of hydrogen-bond donors (Lipinski definition) is 1. The Kier molecular flexibility index (Phi) is 9.72. The number of carbonyl (C=O) groups excluding carboxylic acids is 1. The van der Waals surface area contributed by atoms with Gasteiger partial charge >= 0.3 is 11.4 Å². The van der Waals surface area contributed by atoms with Crippen LogP contribution in [0.5, 0.6) is 0 Å². The zero-order valence-electron chi connectivity index (χ0n) is 24.9. The minimum Gasteiger partial charge on any atom is -0.297 e. The van der Waals surface area contributed by atoms with E-state index in [1.807, 2.05) is 82.3 Å². The third kappa shape index (κ3) is 6.51. The van der Waals surface area contributed by atoms with Gasteiger partial charge in [0, 0.05) is 17.2 Å². The van der Waals surface area contributed by atoms with E-state index < -0.39 is 17.0 Å². The van der Waals surface area contributed by atoms with Crippen molar-refractivity contribution in [1.29, 1.82) is 0 Å². The largest absolute Gasteiger partial charge is 0.439 e. The number of aromatic nitrogens is 4. The molecule has 0 aliphatic carbocycles. The van der Waals surface area contributed by atoms with Gasteiger partial charge in [0.15, 0.2) is 11.6 Å². The number of rotatable bonds is 12. The van der Waals surface area contributed by atoms with Crippen LogP contribution in [0.2, 0.25) is 0 Å². The molecule has 1 atom stereocenters. The maximum atomic E-state index is 13.7. The Morgan fingerprint density at radius 1 is 1.00 bits per heavy atom. The number of allylic oxidation sites excluding steroid dienone is 1. The molecule has 0 saturated heterocycles.